The predicted molar refractivity (Wildman–Crippen MR) is 251 cm³/mol. The number of hydrogen-bond donors (Lipinski definition) is 2. The molecule has 0 bridgehead atoms. The van der Waals surface area contributed by atoms with Crippen LogP contribution in [0.4, 0.5) is 17.2 Å². The summed E-state index contributed by atoms with van der Waals surface area (Å²) < 4.78 is 5.67. The van der Waals surface area contributed by atoms with Crippen molar-refractivity contribution >= 4 is 59.5 Å². The number of thiophene rings is 1. The van der Waals surface area contributed by atoms with E-state index in [2.05, 4.69) is 80.3 Å². The Labute approximate surface area is 364 Å². The van der Waals surface area contributed by atoms with Crippen LogP contribution in [0.3, 0.4) is 0 Å². The number of fused-ring (bicyclic) bond motifs is 4. The van der Waals surface area contributed by atoms with E-state index in [1.165, 1.54) is 5.56 Å². The fraction of sp³-hybridized carbons (Fsp3) is 0.360. The number of H-pyrrole nitrogens is 1. The number of nitrogens with zero attached hydrogens (tertiary/aromatic N) is 4. The highest BCUT2D eigenvalue weighted by molar-refractivity contribution is 7.19. The molecule has 3 aliphatic rings. The van der Waals surface area contributed by atoms with Gasteiger partial charge in [0, 0.05) is 71.7 Å². The molecule has 3 aromatic carbocycles. The van der Waals surface area contributed by atoms with E-state index in [0.717, 1.165) is 82.6 Å². The van der Waals surface area contributed by atoms with Crippen molar-refractivity contribution in [2.45, 2.75) is 77.4 Å². The Balaban J connectivity index is 0.958. The maximum atomic E-state index is 14.3. The maximum absolute atomic E-state index is 14.3. The summed E-state index contributed by atoms with van der Waals surface area (Å²) in [5.74, 6) is 4.74. The van der Waals surface area contributed by atoms with E-state index in [1.54, 1.807) is 23.5 Å². The van der Waals surface area contributed by atoms with Gasteiger partial charge in [-0.15, -0.1) is 16.9 Å². The summed E-state index contributed by atoms with van der Waals surface area (Å²) in [4.78, 5) is 48.2. The van der Waals surface area contributed by atoms with Crippen LogP contribution < -0.4 is 15.1 Å². The zero-order chi connectivity index (χ0) is 42.5. The third kappa shape index (κ3) is 7.60. The normalized spacial score (nSPS) is 16.0. The lowest BCUT2D eigenvalue weighted by molar-refractivity contribution is -0.000509. The van der Waals surface area contributed by atoms with Crippen molar-refractivity contribution in [3.05, 3.63) is 113 Å². The molecule has 3 aliphatic heterocycles. The molecule has 0 radical (unpaired) electrons. The van der Waals surface area contributed by atoms with Crippen molar-refractivity contribution in [2.24, 2.45) is 5.41 Å². The topological polar surface area (TPSA) is 103 Å². The minimum atomic E-state index is -2.00. The summed E-state index contributed by atoms with van der Waals surface area (Å²) >= 11 is 1.71. The van der Waals surface area contributed by atoms with Crippen LogP contribution in [0.25, 0.3) is 32.2 Å². The Hall–Kier alpha value is -5.54. The van der Waals surface area contributed by atoms with Crippen molar-refractivity contribution < 1.29 is 14.3 Å². The van der Waals surface area contributed by atoms with E-state index in [-0.39, 0.29) is 17.2 Å². The van der Waals surface area contributed by atoms with Gasteiger partial charge in [0.1, 0.15) is 19.7 Å². The van der Waals surface area contributed by atoms with Crippen molar-refractivity contribution in [1.82, 2.24) is 15.0 Å². The van der Waals surface area contributed by atoms with E-state index in [0.29, 0.717) is 52.2 Å². The van der Waals surface area contributed by atoms with Crippen LogP contribution in [0.1, 0.15) is 86.2 Å². The highest BCUT2D eigenvalue weighted by Crippen LogP contribution is 2.46. The lowest BCUT2D eigenvalue weighted by Crippen LogP contribution is -2.59. The average Bonchev–Trinajstić information content (AvgIpc) is 3.85. The van der Waals surface area contributed by atoms with Crippen molar-refractivity contribution in [3.63, 3.8) is 0 Å². The van der Waals surface area contributed by atoms with Crippen LogP contribution in [0, 0.1) is 16.9 Å². The van der Waals surface area contributed by atoms with E-state index >= 15 is 0 Å². The standard InChI is InChI=1S/C50H54N6O3SSi/c1-32(2)61(33(3)4,34(5)6)26-20-35-27-40(47(51-29-35)55-30-50(31-55)21-24-59-25-22-50)48(57)52-38-17-15-36(16-18-38)49(58)56-23-19-37-28-44(46-53-41-12-8-9-13-42(41)54-46)60-45(37)39-11-7-10-14-43(39)56/h7-18,27-29,32-34H,19,21-25,30-31H2,1-6H3,(H,52,57)(H,53,54). The highest BCUT2D eigenvalue weighted by atomic mass is 32.1. The zero-order valence-corrected chi connectivity index (χ0v) is 37.8. The van der Waals surface area contributed by atoms with Gasteiger partial charge in [-0.3, -0.25) is 9.59 Å². The van der Waals surface area contributed by atoms with E-state index in [1.807, 2.05) is 71.8 Å². The molecule has 0 saturated carbocycles. The van der Waals surface area contributed by atoms with Crippen LogP contribution in [-0.2, 0) is 11.2 Å². The molecule has 6 aromatic rings. The van der Waals surface area contributed by atoms with Crippen LogP contribution in [0.5, 0.6) is 0 Å². The number of carbonyl (C=O) groups excluding carboxylic acids is 2. The first-order chi connectivity index (χ1) is 29.4. The van der Waals surface area contributed by atoms with Crippen molar-refractivity contribution in [2.75, 3.05) is 48.0 Å². The predicted octanol–water partition coefficient (Wildman–Crippen LogP) is 11.0. The molecule has 11 heteroatoms. The lowest BCUT2D eigenvalue weighted by Gasteiger charge is -2.53. The Morgan fingerprint density at radius 2 is 1.61 bits per heavy atom. The van der Waals surface area contributed by atoms with Gasteiger partial charge < -0.3 is 24.8 Å². The molecular formula is C50H54N6O3SSi. The van der Waals surface area contributed by atoms with Crippen LogP contribution in [0.2, 0.25) is 16.6 Å². The number of aromatic amines is 1. The first-order valence-corrected chi connectivity index (χ1v) is 24.8. The summed E-state index contributed by atoms with van der Waals surface area (Å²) in [5.41, 5.74) is 13.0. The number of imidazole rings is 1. The van der Waals surface area contributed by atoms with Crippen LogP contribution >= 0.6 is 11.3 Å². The summed E-state index contributed by atoms with van der Waals surface area (Å²) in [5, 5.41) is 3.14. The lowest BCUT2D eigenvalue weighted by atomic mass is 9.73. The van der Waals surface area contributed by atoms with Gasteiger partial charge in [0.25, 0.3) is 11.8 Å². The quantitative estimate of drug-likeness (QED) is 0.117. The number of pyridine rings is 1. The minimum Gasteiger partial charge on any atom is -0.381 e. The molecule has 9 rings (SSSR count). The number of amides is 2. The van der Waals surface area contributed by atoms with Gasteiger partial charge in [-0.25, -0.2) is 9.97 Å². The Bertz CT molecular complexity index is 2620. The Kier molecular flexibility index (Phi) is 11.0. The van der Waals surface area contributed by atoms with Gasteiger partial charge in [-0.2, -0.15) is 0 Å². The third-order valence-electron chi connectivity index (χ3n) is 13.4. The van der Waals surface area contributed by atoms with Gasteiger partial charge in [0.2, 0.25) is 0 Å². The number of hydrogen-bond acceptors (Lipinski definition) is 7. The number of carbonyl (C=O) groups is 2. The van der Waals surface area contributed by atoms with Crippen LogP contribution in [-0.4, -0.2) is 67.7 Å². The molecule has 0 unspecified atom stereocenters. The molecule has 2 fully saturated rings. The minimum absolute atomic E-state index is 0.0839. The monoisotopic (exact) mass is 846 g/mol. The second-order valence-corrected chi connectivity index (χ2v) is 24.7. The molecule has 312 valence electrons. The van der Waals surface area contributed by atoms with Gasteiger partial charge in [0.15, 0.2) is 0 Å². The fourth-order valence-electron chi connectivity index (χ4n) is 10.1. The van der Waals surface area contributed by atoms with Gasteiger partial charge in [-0.1, -0.05) is 77.8 Å². The molecular weight excluding hydrogens is 793 g/mol. The zero-order valence-electron chi connectivity index (χ0n) is 36.0. The van der Waals surface area contributed by atoms with E-state index in [9.17, 15) is 9.59 Å². The van der Waals surface area contributed by atoms with E-state index in [4.69, 9.17) is 14.7 Å². The molecule has 2 saturated heterocycles. The molecule has 9 nitrogen and oxygen atoms in total. The largest absolute Gasteiger partial charge is 0.381 e. The summed E-state index contributed by atoms with van der Waals surface area (Å²) in [6.45, 7) is 17.6. The molecule has 0 aliphatic carbocycles. The number of benzene rings is 3. The highest BCUT2D eigenvalue weighted by Gasteiger charge is 2.45. The molecule has 6 heterocycles. The maximum Gasteiger partial charge on any atom is 0.259 e. The summed E-state index contributed by atoms with van der Waals surface area (Å²) in [6, 6.07) is 27.6. The average molecular weight is 847 g/mol. The van der Waals surface area contributed by atoms with E-state index < -0.39 is 8.07 Å². The molecule has 2 N–H and O–H groups in total. The summed E-state index contributed by atoms with van der Waals surface area (Å²) in [6.07, 6.45) is 4.60. The molecule has 0 atom stereocenters. The number of rotatable bonds is 8. The van der Waals surface area contributed by atoms with Crippen LogP contribution in [0.15, 0.2) is 91.1 Å². The number of para-hydroxylation sites is 3. The Morgan fingerprint density at radius 1 is 0.902 bits per heavy atom. The Morgan fingerprint density at radius 3 is 2.33 bits per heavy atom. The number of aromatic nitrogens is 3. The fourth-order valence-corrected chi connectivity index (χ4v) is 16.6. The summed E-state index contributed by atoms with van der Waals surface area (Å²) in [7, 11) is -2.00. The molecule has 3 aromatic heterocycles. The SMILES string of the molecule is CC(C)[Si](C#Cc1cnc(N2CC3(CCOCC3)C2)c(C(=O)Nc2ccc(C(=O)N3CCc4cc(-c5nc6ccccc6[nH]5)sc4-c4ccccc43)cc2)c1)(C(C)C)C(C)C. The number of nitrogens with one attached hydrogen (secondary N) is 2. The molecule has 2 amide bonds. The number of ether oxygens (including phenoxy) is 1. The van der Waals surface area contributed by atoms with Crippen molar-refractivity contribution in [1.29, 1.82) is 0 Å². The first kappa shape index (κ1) is 40.8. The smallest absolute Gasteiger partial charge is 0.259 e. The number of anilines is 3. The molecule has 1 spiro atoms. The van der Waals surface area contributed by atoms with Gasteiger partial charge in [-0.05, 0) is 96.0 Å². The van der Waals surface area contributed by atoms with Gasteiger partial charge in [0.05, 0.1) is 27.2 Å². The second kappa shape index (κ2) is 16.4. The molecule has 61 heavy (non-hydrogen) atoms. The van der Waals surface area contributed by atoms with Crippen molar-refractivity contribution in [3.8, 4) is 32.6 Å². The second-order valence-electron chi connectivity index (χ2n) is 18.0. The van der Waals surface area contributed by atoms with Gasteiger partial charge >= 0.3 is 0 Å². The third-order valence-corrected chi connectivity index (χ3v) is 20.9. The first-order valence-electron chi connectivity index (χ1n) is 21.7.